The van der Waals surface area contributed by atoms with Gasteiger partial charge in [-0.05, 0) is 25.3 Å². The Bertz CT molecular complexity index is 217. The fraction of sp³-hybridized carbons (Fsp3) is 0.917. The quantitative estimate of drug-likeness (QED) is 0.721. The monoisotopic (exact) mass is 244 g/mol. The van der Waals surface area contributed by atoms with E-state index in [1.54, 1.807) is 0 Å². The van der Waals surface area contributed by atoms with Crippen molar-refractivity contribution in [2.75, 3.05) is 32.8 Å². The number of nitrogens with two attached hydrogens (primary N) is 1. The lowest BCUT2D eigenvalue weighted by Crippen LogP contribution is -2.38. The molecule has 1 fully saturated rings. The minimum atomic E-state index is 0.315. The zero-order chi connectivity index (χ0) is 12.0. The van der Waals surface area contributed by atoms with Crippen molar-refractivity contribution in [1.29, 1.82) is 0 Å². The van der Waals surface area contributed by atoms with Gasteiger partial charge in [0.05, 0.1) is 4.99 Å². The Hall–Kier alpha value is -0.190. The van der Waals surface area contributed by atoms with Gasteiger partial charge < -0.3 is 15.4 Å². The first kappa shape index (κ1) is 13.9. The minimum absolute atomic E-state index is 0.315. The normalized spacial score (nSPS) is 19.9. The van der Waals surface area contributed by atoms with Gasteiger partial charge in [-0.25, -0.2) is 0 Å². The van der Waals surface area contributed by atoms with Crippen molar-refractivity contribution >= 4 is 17.2 Å². The summed E-state index contributed by atoms with van der Waals surface area (Å²) >= 11 is 5.02. The molecule has 94 valence electrons. The summed E-state index contributed by atoms with van der Waals surface area (Å²) in [4.78, 5) is 3.09. The first-order valence-corrected chi connectivity index (χ1v) is 6.63. The number of thiocarbonyl (C=S) groups is 1. The summed E-state index contributed by atoms with van der Waals surface area (Å²) in [6.07, 6.45) is 2.38. The van der Waals surface area contributed by atoms with E-state index in [1.807, 2.05) is 0 Å². The van der Waals surface area contributed by atoms with E-state index in [1.165, 1.54) is 12.8 Å². The third kappa shape index (κ3) is 4.76. The Balaban J connectivity index is 2.32. The molecule has 3 nitrogen and oxygen atoms in total. The van der Waals surface area contributed by atoms with Crippen LogP contribution in [-0.4, -0.2) is 42.7 Å². The van der Waals surface area contributed by atoms with Crippen LogP contribution in [0.25, 0.3) is 0 Å². The molecule has 0 aromatic carbocycles. The number of ether oxygens (including phenoxy) is 1. The predicted octanol–water partition coefficient (Wildman–Crippen LogP) is 1.66. The highest BCUT2D eigenvalue weighted by Crippen LogP contribution is 2.16. The molecule has 1 atom stereocenters. The van der Waals surface area contributed by atoms with Gasteiger partial charge in [-0.15, -0.1) is 0 Å². The highest BCUT2D eigenvalue weighted by Gasteiger charge is 2.18. The molecule has 1 heterocycles. The molecular weight excluding hydrogens is 220 g/mol. The second kappa shape index (κ2) is 7.20. The van der Waals surface area contributed by atoms with Gasteiger partial charge in [-0.3, -0.25) is 0 Å². The molecule has 1 unspecified atom stereocenters. The largest absolute Gasteiger partial charge is 0.393 e. The first-order chi connectivity index (χ1) is 7.63. The summed E-state index contributed by atoms with van der Waals surface area (Å²) in [5, 5.41) is 0. The lowest BCUT2D eigenvalue weighted by atomic mass is 9.99. The van der Waals surface area contributed by atoms with Crippen molar-refractivity contribution in [1.82, 2.24) is 4.90 Å². The summed E-state index contributed by atoms with van der Waals surface area (Å²) in [5.74, 6) is 1.10. The van der Waals surface area contributed by atoms with E-state index in [9.17, 15) is 0 Å². The van der Waals surface area contributed by atoms with Gasteiger partial charge >= 0.3 is 0 Å². The maximum Gasteiger partial charge on any atom is 0.0768 e. The maximum atomic E-state index is 5.66. The molecule has 16 heavy (non-hydrogen) atoms. The Kier molecular flexibility index (Phi) is 6.24. The van der Waals surface area contributed by atoms with E-state index in [-0.39, 0.29) is 0 Å². The Morgan fingerprint density at radius 3 is 2.62 bits per heavy atom. The molecular formula is C12H24N2OS. The van der Waals surface area contributed by atoms with Gasteiger partial charge in [0.1, 0.15) is 0 Å². The predicted molar refractivity (Wildman–Crippen MR) is 71.6 cm³/mol. The first-order valence-electron chi connectivity index (χ1n) is 6.22. The summed E-state index contributed by atoms with van der Waals surface area (Å²) in [6.45, 7) is 9.38. The van der Waals surface area contributed by atoms with Gasteiger partial charge in [0.15, 0.2) is 0 Å². The Morgan fingerprint density at radius 1 is 1.50 bits per heavy atom. The van der Waals surface area contributed by atoms with Crippen molar-refractivity contribution in [2.24, 2.45) is 17.6 Å². The van der Waals surface area contributed by atoms with E-state index in [0.717, 1.165) is 38.8 Å². The van der Waals surface area contributed by atoms with Crippen LogP contribution in [0.2, 0.25) is 0 Å². The van der Waals surface area contributed by atoms with Crippen LogP contribution >= 0.6 is 12.2 Å². The van der Waals surface area contributed by atoms with Crippen molar-refractivity contribution < 1.29 is 4.74 Å². The van der Waals surface area contributed by atoms with Crippen LogP contribution in [0.15, 0.2) is 0 Å². The fourth-order valence-corrected chi connectivity index (χ4v) is 2.18. The molecule has 0 aliphatic carbocycles. The molecule has 0 spiro atoms. The summed E-state index contributed by atoms with van der Waals surface area (Å²) in [5.41, 5.74) is 5.66. The molecule has 0 saturated carbocycles. The van der Waals surface area contributed by atoms with Crippen LogP contribution < -0.4 is 5.73 Å². The SMILES string of the molecule is CCN(CC1CCOCC1)CC(C)C(N)=S. The summed E-state index contributed by atoms with van der Waals surface area (Å²) < 4.78 is 5.37. The third-order valence-corrected chi connectivity index (χ3v) is 3.72. The highest BCUT2D eigenvalue weighted by atomic mass is 32.1. The van der Waals surface area contributed by atoms with Crippen LogP contribution in [-0.2, 0) is 4.74 Å². The van der Waals surface area contributed by atoms with Crippen LogP contribution in [0.5, 0.6) is 0 Å². The van der Waals surface area contributed by atoms with Crippen LogP contribution in [0, 0.1) is 11.8 Å². The van der Waals surface area contributed by atoms with Crippen molar-refractivity contribution in [3.8, 4) is 0 Å². The van der Waals surface area contributed by atoms with E-state index >= 15 is 0 Å². The van der Waals surface area contributed by atoms with Crippen molar-refractivity contribution in [3.63, 3.8) is 0 Å². The average Bonchev–Trinajstić information content (AvgIpc) is 2.29. The smallest absolute Gasteiger partial charge is 0.0768 e. The van der Waals surface area contributed by atoms with E-state index in [0.29, 0.717) is 10.9 Å². The molecule has 0 aromatic heterocycles. The van der Waals surface area contributed by atoms with Gasteiger partial charge in [0.25, 0.3) is 0 Å². The highest BCUT2D eigenvalue weighted by molar-refractivity contribution is 7.80. The summed E-state index contributed by atoms with van der Waals surface area (Å²) in [6, 6.07) is 0. The zero-order valence-corrected chi connectivity index (χ0v) is 11.3. The topological polar surface area (TPSA) is 38.5 Å². The van der Waals surface area contributed by atoms with Gasteiger partial charge in [-0.1, -0.05) is 26.1 Å². The van der Waals surface area contributed by atoms with Crippen LogP contribution in [0.4, 0.5) is 0 Å². The molecule has 0 bridgehead atoms. The Morgan fingerprint density at radius 2 is 2.12 bits per heavy atom. The lowest BCUT2D eigenvalue weighted by molar-refractivity contribution is 0.0524. The van der Waals surface area contributed by atoms with Crippen molar-refractivity contribution in [2.45, 2.75) is 26.7 Å². The third-order valence-electron chi connectivity index (χ3n) is 3.32. The van der Waals surface area contributed by atoms with Gasteiger partial charge in [-0.2, -0.15) is 0 Å². The maximum absolute atomic E-state index is 5.66. The van der Waals surface area contributed by atoms with E-state index in [2.05, 4.69) is 18.7 Å². The van der Waals surface area contributed by atoms with Gasteiger partial charge in [0.2, 0.25) is 0 Å². The Labute approximate surface area is 104 Å². The fourth-order valence-electron chi connectivity index (χ4n) is 2.10. The van der Waals surface area contributed by atoms with Crippen LogP contribution in [0.1, 0.15) is 26.7 Å². The average molecular weight is 244 g/mol. The number of hydrogen-bond donors (Lipinski definition) is 1. The molecule has 1 aliphatic heterocycles. The minimum Gasteiger partial charge on any atom is -0.393 e. The van der Waals surface area contributed by atoms with E-state index < -0.39 is 0 Å². The number of rotatable bonds is 6. The molecule has 0 radical (unpaired) electrons. The molecule has 1 rings (SSSR count). The zero-order valence-electron chi connectivity index (χ0n) is 10.4. The van der Waals surface area contributed by atoms with E-state index in [4.69, 9.17) is 22.7 Å². The molecule has 2 N–H and O–H groups in total. The number of hydrogen-bond acceptors (Lipinski definition) is 3. The molecule has 1 aliphatic rings. The lowest BCUT2D eigenvalue weighted by Gasteiger charge is -2.30. The van der Waals surface area contributed by atoms with Crippen LogP contribution in [0.3, 0.4) is 0 Å². The number of nitrogens with zero attached hydrogens (tertiary/aromatic N) is 1. The molecule has 0 amide bonds. The molecule has 4 heteroatoms. The second-order valence-corrected chi connectivity index (χ2v) is 5.18. The second-order valence-electron chi connectivity index (χ2n) is 4.71. The van der Waals surface area contributed by atoms with Crippen molar-refractivity contribution in [3.05, 3.63) is 0 Å². The molecule has 0 aromatic rings. The standard InChI is InChI=1S/C12H24N2OS/c1-3-14(8-10(2)12(13)16)9-11-4-6-15-7-5-11/h10-11H,3-9H2,1-2H3,(H2,13,16). The summed E-state index contributed by atoms with van der Waals surface area (Å²) in [7, 11) is 0. The molecule has 1 saturated heterocycles. The van der Waals surface area contributed by atoms with Gasteiger partial charge in [0, 0.05) is 32.2 Å².